The molecule has 0 aliphatic carbocycles. The van der Waals surface area contributed by atoms with Gasteiger partial charge in [-0.15, -0.1) is 0 Å². The van der Waals surface area contributed by atoms with Gasteiger partial charge in [0.25, 0.3) is 11.6 Å². The number of rotatable bonds is 6. The quantitative estimate of drug-likeness (QED) is 0.329. The second-order valence-electron chi connectivity index (χ2n) is 5.00. The monoisotopic (exact) mass is 418 g/mol. The third kappa shape index (κ3) is 5.39. The van der Waals surface area contributed by atoms with Crippen LogP contribution in [0.1, 0.15) is 10.4 Å². The van der Waals surface area contributed by atoms with Crippen molar-refractivity contribution in [1.82, 2.24) is 5.32 Å². The molecule has 0 aliphatic rings. The number of nitrogens with one attached hydrogen (secondary N) is 1. The molecule has 0 radical (unpaired) electrons. The van der Waals surface area contributed by atoms with E-state index in [1.165, 1.54) is 25.3 Å². The molecule has 0 bridgehead atoms. The van der Waals surface area contributed by atoms with Gasteiger partial charge in [0.15, 0.2) is 0 Å². The number of methoxy groups -OCH3 is 1. The molecule has 10 heteroatoms. The van der Waals surface area contributed by atoms with Crippen molar-refractivity contribution in [2.45, 2.75) is 10.0 Å². The number of non-ortho nitro benzene ring substituents is 1. The molecule has 2 aromatic carbocycles. The highest BCUT2D eigenvalue weighted by Crippen LogP contribution is 2.32. The predicted molar refractivity (Wildman–Crippen MR) is 98.3 cm³/mol. The van der Waals surface area contributed by atoms with Gasteiger partial charge in [0, 0.05) is 17.7 Å². The third-order valence-electron chi connectivity index (χ3n) is 3.19. The number of nitro groups is 1. The molecule has 2 aromatic rings. The van der Waals surface area contributed by atoms with E-state index in [9.17, 15) is 14.9 Å². The molecule has 0 spiro atoms. The van der Waals surface area contributed by atoms with E-state index in [1.807, 2.05) is 0 Å². The van der Waals surface area contributed by atoms with Crippen LogP contribution in [0.5, 0.6) is 11.5 Å². The van der Waals surface area contributed by atoms with Crippen molar-refractivity contribution >= 4 is 46.4 Å². The number of ether oxygens (including phenoxy) is 2. The van der Waals surface area contributed by atoms with Crippen molar-refractivity contribution < 1.29 is 19.2 Å². The minimum absolute atomic E-state index is 0.0248. The van der Waals surface area contributed by atoms with Gasteiger partial charge in [-0.3, -0.25) is 14.9 Å². The maximum atomic E-state index is 12.4. The highest BCUT2D eigenvalue weighted by atomic mass is 35.6. The Morgan fingerprint density at radius 1 is 1.15 bits per heavy atom. The second kappa shape index (κ2) is 8.44. The van der Waals surface area contributed by atoms with E-state index in [0.717, 1.165) is 6.07 Å². The first-order valence-corrected chi connectivity index (χ1v) is 8.27. The zero-order chi connectivity index (χ0) is 19.3. The predicted octanol–water partition coefficient (Wildman–Crippen LogP) is 4.11. The minimum atomic E-state index is -1.99. The smallest absolute Gasteiger partial charge is 0.270 e. The van der Waals surface area contributed by atoms with Crippen molar-refractivity contribution in [2.24, 2.45) is 0 Å². The summed E-state index contributed by atoms with van der Waals surface area (Å²) in [4.78, 5) is 22.6. The van der Waals surface area contributed by atoms with Crippen molar-refractivity contribution in [1.29, 1.82) is 0 Å². The number of benzene rings is 2. The maximum absolute atomic E-state index is 12.4. The Hall–Kier alpha value is -2.22. The van der Waals surface area contributed by atoms with Crippen LogP contribution in [0.15, 0.2) is 48.5 Å². The Labute approximate surface area is 163 Å². The van der Waals surface area contributed by atoms with E-state index >= 15 is 0 Å². The summed E-state index contributed by atoms with van der Waals surface area (Å²) >= 11 is 17.6. The van der Waals surface area contributed by atoms with Gasteiger partial charge < -0.3 is 14.8 Å². The Balaban J connectivity index is 2.18. The average molecular weight is 420 g/mol. The lowest BCUT2D eigenvalue weighted by molar-refractivity contribution is -0.384. The van der Waals surface area contributed by atoms with Crippen LogP contribution in [0.4, 0.5) is 5.69 Å². The summed E-state index contributed by atoms with van der Waals surface area (Å²) < 4.78 is 8.58. The molecule has 0 aromatic heterocycles. The summed E-state index contributed by atoms with van der Waals surface area (Å²) in [7, 11) is 1.51. The first-order valence-electron chi connectivity index (χ1n) is 7.13. The molecule has 0 unspecified atom stereocenters. The van der Waals surface area contributed by atoms with Gasteiger partial charge in [-0.2, -0.15) is 0 Å². The number of amides is 1. The number of carbonyl (C=O) groups is 1. The molecular weight excluding hydrogens is 407 g/mol. The fraction of sp³-hybridized carbons (Fsp3) is 0.188. The molecule has 1 N–H and O–H groups in total. The third-order valence-corrected chi connectivity index (χ3v) is 3.79. The van der Waals surface area contributed by atoms with Gasteiger partial charge in [-0.1, -0.05) is 40.9 Å². The first kappa shape index (κ1) is 20.1. The Kier molecular flexibility index (Phi) is 6.52. The first-order chi connectivity index (χ1) is 12.2. The van der Waals surface area contributed by atoms with Gasteiger partial charge in [0.1, 0.15) is 11.5 Å². The summed E-state index contributed by atoms with van der Waals surface area (Å²) in [6.45, 7) is 0. The summed E-state index contributed by atoms with van der Waals surface area (Å²) in [6.07, 6.45) is -1.34. The van der Waals surface area contributed by atoms with Crippen molar-refractivity contribution in [3.05, 3.63) is 64.2 Å². The maximum Gasteiger partial charge on any atom is 0.270 e. The molecule has 0 aliphatic heterocycles. The number of nitrogens with zero attached hydrogens (tertiary/aromatic N) is 1. The standard InChI is InChI=1S/C16H13Cl3N2O5/c1-25-12-5-7-13(8-6-12)26-15(16(17,18)19)20-14(22)10-3-2-4-11(9-10)21(23)24/h2-9,15H,1H3,(H,20,22)/t15-/m0/s1. The zero-order valence-corrected chi connectivity index (χ0v) is 15.6. The van der Waals surface area contributed by atoms with E-state index in [4.69, 9.17) is 44.3 Å². The normalized spacial score (nSPS) is 12.2. The highest BCUT2D eigenvalue weighted by Gasteiger charge is 2.36. The number of nitro benzene ring substituents is 1. The van der Waals surface area contributed by atoms with Crippen molar-refractivity contribution in [2.75, 3.05) is 7.11 Å². The van der Waals surface area contributed by atoms with E-state index in [-0.39, 0.29) is 11.3 Å². The summed E-state index contributed by atoms with van der Waals surface area (Å²) in [5.41, 5.74) is -0.212. The zero-order valence-electron chi connectivity index (χ0n) is 13.3. The van der Waals surface area contributed by atoms with E-state index in [1.54, 1.807) is 24.3 Å². The fourth-order valence-electron chi connectivity index (χ4n) is 1.93. The lowest BCUT2D eigenvalue weighted by atomic mass is 10.2. The van der Waals surface area contributed by atoms with Crippen LogP contribution < -0.4 is 14.8 Å². The number of hydrogen-bond acceptors (Lipinski definition) is 5. The summed E-state index contributed by atoms with van der Waals surface area (Å²) in [6, 6.07) is 11.5. The number of hydrogen-bond donors (Lipinski definition) is 1. The Morgan fingerprint density at radius 3 is 2.31 bits per heavy atom. The number of halogens is 3. The summed E-state index contributed by atoms with van der Waals surface area (Å²) in [5, 5.41) is 13.2. The number of carbonyl (C=O) groups excluding carboxylic acids is 1. The highest BCUT2D eigenvalue weighted by molar-refractivity contribution is 6.68. The molecular formula is C16H13Cl3N2O5. The lowest BCUT2D eigenvalue weighted by Gasteiger charge is -2.26. The van der Waals surface area contributed by atoms with E-state index in [0.29, 0.717) is 11.5 Å². The van der Waals surface area contributed by atoms with Crippen molar-refractivity contribution in [3.63, 3.8) is 0 Å². The molecule has 26 heavy (non-hydrogen) atoms. The number of alkyl halides is 3. The van der Waals surface area contributed by atoms with Gasteiger partial charge in [-0.25, -0.2) is 0 Å². The molecule has 0 saturated carbocycles. The average Bonchev–Trinajstić information content (AvgIpc) is 2.61. The Bertz CT molecular complexity index is 793. The van der Waals surface area contributed by atoms with Crippen LogP contribution in [0.25, 0.3) is 0 Å². The van der Waals surface area contributed by atoms with E-state index in [2.05, 4.69) is 5.32 Å². The van der Waals surface area contributed by atoms with Crippen molar-refractivity contribution in [3.8, 4) is 11.5 Å². The molecule has 1 atom stereocenters. The van der Waals surface area contributed by atoms with Gasteiger partial charge in [-0.05, 0) is 30.3 Å². The SMILES string of the molecule is COc1ccc(O[C@H](NC(=O)c2cccc([N+](=O)[O-])c2)C(Cl)(Cl)Cl)cc1. The molecule has 0 saturated heterocycles. The minimum Gasteiger partial charge on any atom is -0.497 e. The van der Waals surface area contributed by atoms with Gasteiger partial charge in [0.2, 0.25) is 10.0 Å². The lowest BCUT2D eigenvalue weighted by Crippen LogP contribution is -2.47. The second-order valence-corrected chi connectivity index (χ2v) is 7.36. The van der Waals surface area contributed by atoms with Gasteiger partial charge in [0.05, 0.1) is 12.0 Å². The molecule has 7 nitrogen and oxygen atoms in total. The van der Waals surface area contributed by atoms with Crippen LogP contribution >= 0.6 is 34.8 Å². The molecule has 138 valence electrons. The molecule has 0 heterocycles. The van der Waals surface area contributed by atoms with Crippen LogP contribution in [0.3, 0.4) is 0 Å². The fourth-order valence-corrected chi connectivity index (χ4v) is 2.23. The van der Waals surface area contributed by atoms with Crippen LogP contribution in [-0.4, -0.2) is 28.0 Å². The molecule has 2 rings (SSSR count). The molecule has 0 fully saturated rings. The topological polar surface area (TPSA) is 90.7 Å². The van der Waals surface area contributed by atoms with Crippen LogP contribution in [-0.2, 0) is 0 Å². The largest absolute Gasteiger partial charge is 0.497 e. The van der Waals surface area contributed by atoms with Crippen LogP contribution in [0, 0.1) is 10.1 Å². The van der Waals surface area contributed by atoms with Gasteiger partial charge >= 0.3 is 0 Å². The molecule has 1 amide bonds. The van der Waals surface area contributed by atoms with E-state index < -0.39 is 20.9 Å². The summed E-state index contributed by atoms with van der Waals surface area (Å²) in [5.74, 6) is 0.225. The Morgan fingerprint density at radius 2 is 1.77 bits per heavy atom. The van der Waals surface area contributed by atoms with Crippen LogP contribution in [0.2, 0.25) is 0 Å².